The molecule has 0 spiro atoms. The van der Waals surface area contributed by atoms with Crippen molar-refractivity contribution < 1.29 is 66.7 Å². The normalized spacial score (nSPS) is 47.4. The third-order valence-corrected chi connectivity index (χ3v) is 6.24. The third kappa shape index (κ3) is 5.91. The fraction of sp³-hybridized carbons (Fsp3) is 0.833. The largest absolute Gasteiger partial charge is 0.397 e. The van der Waals surface area contributed by atoms with Gasteiger partial charge in [-0.1, -0.05) is 6.08 Å². The van der Waals surface area contributed by atoms with E-state index in [1.807, 2.05) is 0 Å². The van der Waals surface area contributed by atoms with Gasteiger partial charge in [0, 0.05) is 6.42 Å². The molecule has 2 heterocycles. The van der Waals surface area contributed by atoms with E-state index in [-0.39, 0.29) is 0 Å². The molecule has 0 amide bonds. The highest BCUT2D eigenvalue weighted by Crippen LogP contribution is 2.34. The van der Waals surface area contributed by atoms with Gasteiger partial charge in [0.05, 0.1) is 12.7 Å². The number of aliphatic hydroxyl groups excluding tert-OH is 6. The molecule has 16 heteroatoms. The molecule has 0 saturated carbocycles. The molecule has 0 bridgehead atoms. The van der Waals surface area contributed by atoms with Gasteiger partial charge in [-0.25, -0.2) is 4.18 Å². The van der Waals surface area contributed by atoms with Gasteiger partial charge in [-0.3, -0.25) is 4.55 Å². The molecule has 1 aliphatic carbocycles. The number of aliphatic hydroxyl groups is 6. The Balaban J connectivity index is 1.66. The maximum atomic E-state index is 10.9. The molecule has 0 aromatic heterocycles. The van der Waals surface area contributed by atoms with E-state index in [9.17, 15) is 44.3 Å². The number of rotatable bonds is 7. The quantitative estimate of drug-likeness (QED) is 0.127. The molecule has 34 heavy (non-hydrogen) atoms. The van der Waals surface area contributed by atoms with E-state index < -0.39 is 96.5 Å². The summed E-state index contributed by atoms with van der Waals surface area (Å²) in [7, 11) is -4.82. The molecule has 7 N–H and O–H groups in total. The van der Waals surface area contributed by atoms with Crippen molar-refractivity contribution in [3.8, 4) is 6.07 Å². The molecule has 12 atom stereocenters. The Morgan fingerprint density at radius 1 is 1.00 bits per heavy atom. The summed E-state index contributed by atoms with van der Waals surface area (Å²) in [6, 6.07) is 1.77. The number of hydrogen-bond donors (Lipinski definition) is 7. The summed E-state index contributed by atoms with van der Waals surface area (Å²) in [6.45, 7) is 0.896. The van der Waals surface area contributed by atoms with Crippen LogP contribution in [0.2, 0.25) is 0 Å². The highest BCUT2D eigenvalue weighted by atomic mass is 32.3. The fourth-order valence-corrected chi connectivity index (χ4v) is 4.26. The molecular weight excluding hydrogens is 486 g/mol. The van der Waals surface area contributed by atoms with Crippen LogP contribution in [0.4, 0.5) is 0 Å². The highest BCUT2D eigenvalue weighted by molar-refractivity contribution is 7.80. The van der Waals surface area contributed by atoms with Crippen LogP contribution in [0.15, 0.2) is 12.2 Å². The predicted octanol–water partition coefficient (Wildman–Crippen LogP) is -3.94. The van der Waals surface area contributed by atoms with E-state index in [1.54, 1.807) is 6.07 Å². The fourth-order valence-electron chi connectivity index (χ4n) is 3.82. The zero-order chi connectivity index (χ0) is 25.4. The first-order valence-electron chi connectivity index (χ1n) is 10.2. The lowest BCUT2D eigenvalue weighted by Crippen LogP contribution is -2.62. The van der Waals surface area contributed by atoms with Gasteiger partial charge in [-0.05, 0) is 13.0 Å². The van der Waals surface area contributed by atoms with Crippen molar-refractivity contribution in [2.24, 2.45) is 0 Å². The SMILES string of the molecule is C[C@H]1O[C@@H](OC[C@H]2O[C@@H](O[C@@]3(C#N)C=C[C@H](OS(=O)(=O)O)C3)[C@H](O)[C@@H](O)[C@@H]2O)[C@@H](O)[C@@H](O)[C@@H]1O. The number of nitriles is 1. The van der Waals surface area contributed by atoms with Crippen LogP contribution in [0.5, 0.6) is 0 Å². The Labute approximate surface area is 194 Å². The van der Waals surface area contributed by atoms with Gasteiger partial charge in [-0.15, -0.1) is 0 Å². The van der Waals surface area contributed by atoms with E-state index in [4.69, 9.17) is 23.5 Å². The Bertz CT molecular complexity index is 894. The topological polar surface area (TPSA) is 246 Å². The summed E-state index contributed by atoms with van der Waals surface area (Å²) in [6.07, 6.45) is -14.7. The second-order valence-electron chi connectivity index (χ2n) is 8.27. The molecular formula is C18H27NO14S. The van der Waals surface area contributed by atoms with Gasteiger partial charge in [0.1, 0.15) is 54.9 Å². The first-order valence-corrected chi connectivity index (χ1v) is 11.6. The van der Waals surface area contributed by atoms with Crippen molar-refractivity contribution in [1.29, 1.82) is 5.26 Å². The van der Waals surface area contributed by atoms with Crippen LogP contribution in [-0.4, -0.2) is 123 Å². The molecule has 194 valence electrons. The van der Waals surface area contributed by atoms with Crippen LogP contribution >= 0.6 is 0 Å². The Morgan fingerprint density at radius 2 is 1.62 bits per heavy atom. The first-order chi connectivity index (χ1) is 15.8. The molecule has 2 saturated heterocycles. The lowest BCUT2D eigenvalue weighted by molar-refractivity contribution is -0.335. The van der Waals surface area contributed by atoms with Gasteiger partial charge >= 0.3 is 10.4 Å². The van der Waals surface area contributed by atoms with Gasteiger partial charge < -0.3 is 49.6 Å². The van der Waals surface area contributed by atoms with Crippen molar-refractivity contribution in [3.05, 3.63) is 12.2 Å². The lowest BCUT2D eigenvalue weighted by Gasteiger charge is -2.43. The minimum atomic E-state index is -4.82. The number of ether oxygens (including phenoxy) is 4. The zero-order valence-corrected chi connectivity index (χ0v) is 18.6. The van der Waals surface area contributed by atoms with Crippen LogP contribution < -0.4 is 0 Å². The van der Waals surface area contributed by atoms with E-state index >= 15 is 0 Å². The standard InChI is InChI=1S/C18H27NO14S/c1-7-10(20)12(22)14(24)16(30-7)29-5-9-11(21)13(23)15(25)17(31-9)32-18(6-19)3-2-8(4-18)33-34(26,27)28/h2-3,7-17,20-25H,4-5H2,1H3,(H,26,27,28)/t7-,8+,9-,10-,11-,12+,13+,14+,15-,16-,17+,18+/m1/s1. The van der Waals surface area contributed by atoms with Crippen LogP contribution in [0, 0.1) is 11.3 Å². The summed E-state index contributed by atoms with van der Waals surface area (Å²) in [5.41, 5.74) is -1.87. The molecule has 0 aromatic carbocycles. The van der Waals surface area contributed by atoms with E-state index in [0.717, 1.165) is 12.2 Å². The molecule has 2 fully saturated rings. The average molecular weight is 513 g/mol. The zero-order valence-electron chi connectivity index (χ0n) is 17.8. The van der Waals surface area contributed by atoms with E-state index in [1.165, 1.54) is 6.92 Å². The molecule has 2 aliphatic heterocycles. The molecule has 3 rings (SSSR count). The van der Waals surface area contributed by atoms with Gasteiger partial charge in [-0.2, -0.15) is 13.7 Å². The van der Waals surface area contributed by atoms with Crippen LogP contribution in [0.1, 0.15) is 13.3 Å². The second kappa shape index (κ2) is 10.4. The summed E-state index contributed by atoms with van der Waals surface area (Å²) in [5.74, 6) is 0. The number of nitrogens with zero attached hydrogens (tertiary/aromatic N) is 1. The van der Waals surface area contributed by atoms with Crippen LogP contribution in [0.3, 0.4) is 0 Å². The van der Waals surface area contributed by atoms with Crippen LogP contribution in [-0.2, 0) is 33.5 Å². The van der Waals surface area contributed by atoms with Crippen molar-refractivity contribution >= 4 is 10.4 Å². The van der Waals surface area contributed by atoms with Crippen molar-refractivity contribution in [1.82, 2.24) is 0 Å². The lowest BCUT2D eigenvalue weighted by atomic mass is 9.98. The molecule has 0 aromatic rings. The van der Waals surface area contributed by atoms with Crippen molar-refractivity contribution in [3.63, 3.8) is 0 Å². The Hall–Kier alpha value is -1.30. The molecule has 0 unspecified atom stereocenters. The minimum Gasteiger partial charge on any atom is -0.388 e. The average Bonchev–Trinajstić information content (AvgIpc) is 3.16. The summed E-state index contributed by atoms with van der Waals surface area (Å²) in [4.78, 5) is 0. The molecule has 3 aliphatic rings. The maximum absolute atomic E-state index is 10.9. The molecule has 15 nitrogen and oxygen atoms in total. The minimum absolute atomic E-state index is 0.407. The number of hydrogen-bond acceptors (Lipinski definition) is 14. The van der Waals surface area contributed by atoms with E-state index in [2.05, 4.69) is 4.18 Å². The maximum Gasteiger partial charge on any atom is 0.397 e. The van der Waals surface area contributed by atoms with Crippen molar-refractivity contribution in [2.75, 3.05) is 6.61 Å². The Morgan fingerprint density at radius 3 is 2.24 bits per heavy atom. The second-order valence-corrected chi connectivity index (χ2v) is 9.32. The molecule has 0 radical (unpaired) electrons. The van der Waals surface area contributed by atoms with Gasteiger partial charge in [0.25, 0.3) is 0 Å². The predicted molar refractivity (Wildman–Crippen MR) is 105 cm³/mol. The third-order valence-electron chi connectivity index (χ3n) is 5.75. The van der Waals surface area contributed by atoms with Gasteiger partial charge in [0.15, 0.2) is 18.2 Å². The summed E-state index contributed by atoms with van der Waals surface area (Å²) >= 11 is 0. The monoisotopic (exact) mass is 513 g/mol. The van der Waals surface area contributed by atoms with Crippen LogP contribution in [0.25, 0.3) is 0 Å². The van der Waals surface area contributed by atoms with Gasteiger partial charge in [0.2, 0.25) is 0 Å². The summed E-state index contributed by atoms with van der Waals surface area (Å²) < 4.78 is 56.6. The van der Waals surface area contributed by atoms with E-state index in [0.29, 0.717) is 0 Å². The summed E-state index contributed by atoms with van der Waals surface area (Å²) in [5, 5.41) is 70.0. The smallest absolute Gasteiger partial charge is 0.388 e. The first kappa shape index (κ1) is 27.3. The highest BCUT2D eigenvalue weighted by Gasteiger charge is 2.50. The Kier molecular flexibility index (Phi) is 8.32. The van der Waals surface area contributed by atoms with Crippen molar-refractivity contribution in [2.45, 2.75) is 86.5 Å².